The van der Waals surface area contributed by atoms with E-state index in [9.17, 15) is 14.4 Å². The van der Waals surface area contributed by atoms with E-state index in [0.717, 1.165) is 64.0 Å². The Balaban J connectivity index is 1.59. The Hall–Kier alpha value is -4.79. The van der Waals surface area contributed by atoms with Crippen molar-refractivity contribution < 1.29 is 23.9 Å². The quantitative estimate of drug-likeness (QED) is 0.126. The van der Waals surface area contributed by atoms with E-state index < -0.39 is 11.9 Å². The highest BCUT2D eigenvalue weighted by Crippen LogP contribution is 2.48. The number of ether oxygens (including phenoxy) is 2. The van der Waals surface area contributed by atoms with E-state index in [4.69, 9.17) is 9.47 Å². The van der Waals surface area contributed by atoms with Crippen molar-refractivity contribution in [1.29, 1.82) is 0 Å². The maximum atomic E-state index is 14.2. The molecular formula is C41H50N4O5. The minimum atomic E-state index is -1.12. The van der Waals surface area contributed by atoms with Gasteiger partial charge in [-0.2, -0.15) is 0 Å². The number of carbonyl (C=O) groups is 3. The summed E-state index contributed by atoms with van der Waals surface area (Å²) in [6.45, 7) is 17.0. The Morgan fingerprint density at radius 1 is 0.880 bits per heavy atom. The maximum Gasteiger partial charge on any atom is 0.321 e. The average molecular weight is 679 g/mol. The summed E-state index contributed by atoms with van der Waals surface area (Å²) in [5.74, 6) is -2.53. The molecule has 9 nitrogen and oxygen atoms in total. The summed E-state index contributed by atoms with van der Waals surface area (Å²) in [6, 6.07) is 0. The van der Waals surface area contributed by atoms with Gasteiger partial charge in [0.2, 0.25) is 0 Å². The van der Waals surface area contributed by atoms with E-state index in [2.05, 4.69) is 80.0 Å². The zero-order valence-electron chi connectivity index (χ0n) is 30.8. The highest BCUT2D eigenvalue weighted by Gasteiger charge is 2.48. The van der Waals surface area contributed by atoms with Crippen LogP contribution in [0.4, 0.5) is 0 Å². The van der Waals surface area contributed by atoms with Gasteiger partial charge in [0.15, 0.2) is 5.78 Å². The first-order valence-corrected chi connectivity index (χ1v) is 17.9. The lowest BCUT2D eigenvalue weighted by Crippen LogP contribution is -2.25. The molecule has 0 aromatic carbocycles. The van der Waals surface area contributed by atoms with Crippen LogP contribution in [-0.2, 0) is 31.9 Å². The second-order valence-electron chi connectivity index (χ2n) is 13.9. The number of nitrogens with one attached hydrogen (secondary N) is 4. The van der Waals surface area contributed by atoms with Gasteiger partial charge in [-0.05, 0) is 105 Å². The predicted octanol–water partition coefficient (Wildman–Crippen LogP) is 5.96. The molecule has 1 fully saturated rings. The number of allylic oxidation sites excluding steroid dienone is 3. The van der Waals surface area contributed by atoms with Gasteiger partial charge in [-0.25, -0.2) is 0 Å². The summed E-state index contributed by atoms with van der Waals surface area (Å²) in [6.07, 6.45) is 11.6. The van der Waals surface area contributed by atoms with E-state index in [-0.39, 0.29) is 36.6 Å². The molecule has 0 amide bonds. The van der Waals surface area contributed by atoms with Gasteiger partial charge in [0.05, 0.1) is 12.8 Å². The molecule has 1 saturated heterocycles. The third-order valence-corrected chi connectivity index (χ3v) is 11.2. The lowest BCUT2D eigenvalue weighted by molar-refractivity contribution is -0.143. The summed E-state index contributed by atoms with van der Waals surface area (Å²) in [4.78, 5) is 51.6. The molecule has 0 spiro atoms. The molecule has 5 heterocycles. The Morgan fingerprint density at radius 3 is 2.26 bits per heavy atom. The van der Waals surface area contributed by atoms with Crippen LogP contribution in [0.3, 0.4) is 0 Å². The largest absolute Gasteiger partial charge is 0.468 e. The molecule has 50 heavy (non-hydrogen) atoms. The monoisotopic (exact) mass is 678 g/mol. The van der Waals surface area contributed by atoms with E-state index in [1.54, 1.807) is 0 Å². The first-order valence-electron chi connectivity index (χ1n) is 17.9. The van der Waals surface area contributed by atoms with Gasteiger partial charge in [-0.15, -0.1) is 0 Å². The molecule has 6 rings (SSSR count). The van der Waals surface area contributed by atoms with E-state index in [1.165, 1.54) is 34.9 Å². The number of H-pyrrole nitrogens is 3. The SMILES string of the molecule is CC/C(C)=C\COC(=O)CC[C@@H]1/C2=C3/c4[nH]c(c(C)c4C(=O)[C@@H]3C(=O)OC)/C=c3\[nH]/c(c(C)c3CC)=C\c3[nH]c(c(C)c3CC)/C=C(\N2)[C@H]1C. The van der Waals surface area contributed by atoms with Crippen molar-refractivity contribution in [2.24, 2.45) is 17.8 Å². The van der Waals surface area contributed by atoms with Crippen LogP contribution in [0.5, 0.6) is 0 Å². The Kier molecular flexibility index (Phi) is 9.71. The standard InChI is InChI=1S/C41H50N4O5/c1-10-20(4)15-16-50-34(46)14-13-27-23(7)30-17-28-21(5)25(11-2)32(42-28)18-29-22(6)26(12-3)33(43-29)19-31-24(8)35-39(45-31)36(38(27)44-30)37(40(35)47)41(48)49-9/h15,17-19,23,27,37,42-45H,10-14,16H2,1-9H3/b20-15-,29-18-,30-17-,33-19-,38-36-/t23-,27-,37+/m0/s1. The van der Waals surface area contributed by atoms with Crippen molar-refractivity contribution in [3.8, 4) is 0 Å². The third kappa shape index (κ3) is 5.90. The fraction of sp³-hybridized carbons (Fsp3) is 0.439. The number of esters is 2. The number of ketones is 1. The van der Waals surface area contributed by atoms with Gasteiger partial charge in [0.1, 0.15) is 12.5 Å². The molecule has 9 heteroatoms. The van der Waals surface area contributed by atoms with Crippen LogP contribution < -0.4 is 16.0 Å². The highest BCUT2D eigenvalue weighted by molar-refractivity contribution is 6.24. The molecule has 0 radical (unpaired) electrons. The van der Waals surface area contributed by atoms with Crippen LogP contribution in [0.25, 0.3) is 23.8 Å². The summed E-state index contributed by atoms with van der Waals surface area (Å²) in [5, 5.41) is 5.71. The molecule has 4 N–H and O–H groups in total. The fourth-order valence-electron chi connectivity index (χ4n) is 7.99. The van der Waals surface area contributed by atoms with Gasteiger partial charge in [0.25, 0.3) is 0 Å². The van der Waals surface area contributed by atoms with Crippen molar-refractivity contribution in [1.82, 2.24) is 20.3 Å². The number of hydrogen-bond donors (Lipinski definition) is 4. The molecule has 1 aliphatic carbocycles. The first-order chi connectivity index (χ1) is 23.9. The topological polar surface area (TPSA) is 129 Å². The molecule has 3 aliphatic rings. The van der Waals surface area contributed by atoms with Crippen LogP contribution in [0, 0.1) is 38.5 Å². The Bertz CT molecular complexity index is 2110. The van der Waals surface area contributed by atoms with Crippen molar-refractivity contribution in [2.75, 3.05) is 13.7 Å². The average Bonchev–Trinajstić information content (AvgIpc) is 3.84. The zero-order valence-corrected chi connectivity index (χ0v) is 30.8. The number of Topliss-reactive ketones (excluding diaryl/α,β-unsaturated/α-hetero) is 1. The smallest absolute Gasteiger partial charge is 0.321 e. The van der Waals surface area contributed by atoms with E-state index in [1.807, 2.05) is 19.9 Å². The van der Waals surface area contributed by atoms with Gasteiger partial charge in [0, 0.05) is 68.6 Å². The van der Waals surface area contributed by atoms with Crippen LogP contribution in [-0.4, -0.2) is 46.4 Å². The number of aromatic nitrogens is 3. The maximum absolute atomic E-state index is 14.2. The van der Waals surface area contributed by atoms with Crippen molar-refractivity contribution in [2.45, 2.75) is 87.5 Å². The van der Waals surface area contributed by atoms with Crippen LogP contribution in [0.2, 0.25) is 0 Å². The number of fused-ring (bicyclic) bond motifs is 7. The molecular weight excluding hydrogens is 628 g/mol. The molecule has 264 valence electrons. The Morgan fingerprint density at radius 2 is 1.58 bits per heavy atom. The molecule has 2 aliphatic heterocycles. The molecule has 0 unspecified atom stereocenters. The molecule has 8 bridgehead atoms. The summed E-state index contributed by atoms with van der Waals surface area (Å²) >= 11 is 0. The summed E-state index contributed by atoms with van der Waals surface area (Å²) in [7, 11) is 1.32. The number of rotatable bonds is 9. The van der Waals surface area contributed by atoms with E-state index >= 15 is 0 Å². The van der Waals surface area contributed by atoms with Crippen molar-refractivity contribution in [3.05, 3.63) is 89.9 Å². The predicted molar refractivity (Wildman–Crippen MR) is 196 cm³/mol. The van der Waals surface area contributed by atoms with Gasteiger partial charge in [-0.1, -0.05) is 33.3 Å². The van der Waals surface area contributed by atoms with Crippen LogP contribution >= 0.6 is 0 Å². The lowest BCUT2D eigenvalue weighted by Gasteiger charge is -2.19. The normalized spacial score (nSPS) is 23.5. The molecule has 3 atom stereocenters. The number of hydrogen-bond acceptors (Lipinski definition) is 6. The first kappa shape index (κ1) is 35.1. The Labute approximate surface area is 294 Å². The minimum Gasteiger partial charge on any atom is -0.468 e. The third-order valence-electron chi connectivity index (χ3n) is 11.2. The zero-order chi connectivity index (χ0) is 36.0. The van der Waals surface area contributed by atoms with Gasteiger partial charge < -0.3 is 29.7 Å². The van der Waals surface area contributed by atoms with Crippen molar-refractivity contribution in [3.63, 3.8) is 0 Å². The highest BCUT2D eigenvalue weighted by atomic mass is 16.5. The number of aromatic amines is 3. The second kappa shape index (κ2) is 13.8. The van der Waals surface area contributed by atoms with Crippen molar-refractivity contribution >= 4 is 41.5 Å². The number of methoxy groups -OCH3 is 1. The molecule has 0 saturated carbocycles. The summed E-state index contributed by atoms with van der Waals surface area (Å²) in [5.41, 5.74) is 13.1. The molecule has 3 aromatic rings. The second-order valence-corrected chi connectivity index (χ2v) is 13.9. The van der Waals surface area contributed by atoms with E-state index in [0.29, 0.717) is 23.3 Å². The summed E-state index contributed by atoms with van der Waals surface area (Å²) < 4.78 is 10.8. The fourth-order valence-corrected chi connectivity index (χ4v) is 7.99. The van der Waals surface area contributed by atoms with Gasteiger partial charge >= 0.3 is 11.9 Å². The minimum absolute atomic E-state index is 0.0529. The number of carbonyl (C=O) groups excluding carboxylic acids is 3. The van der Waals surface area contributed by atoms with Crippen LogP contribution in [0.1, 0.15) is 115 Å². The molecule has 3 aromatic heterocycles. The lowest BCUT2D eigenvalue weighted by atomic mass is 9.85. The van der Waals surface area contributed by atoms with Gasteiger partial charge in [-0.3, -0.25) is 14.4 Å². The van der Waals surface area contributed by atoms with Crippen LogP contribution in [0.15, 0.2) is 23.0 Å².